The quantitative estimate of drug-likeness (QED) is 0.741. The van der Waals surface area contributed by atoms with E-state index in [-0.39, 0.29) is 11.5 Å². The van der Waals surface area contributed by atoms with Crippen LogP contribution in [-0.4, -0.2) is 23.4 Å². The Kier molecular flexibility index (Phi) is 3.62. The van der Waals surface area contributed by atoms with E-state index in [1.54, 1.807) is 24.3 Å². The number of rotatable bonds is 1. The topological polar surface area (TPSA) is 53.0 Å². The zero-order valence-corrected chi connectivity index (χ0v) is 9.34. The zero-order valence-electron chi connectivity index (χ0n) is 9.34. The molecule has 3 nitrogen and oxygen atoms in total. The van der Waals surface area contributed by atoms with Crippen LogP contribution in [0.5, 0.6) is 11.5 Å². The first-order valence-electron chi connectivity index (χ1n) is 5.42. The van der Waals surface area contributed by atoms with Gasteiger partial charge in [0, 0.05) is 0 Å². The van der Waals surface area contributed by atoms with E-state index >= 15 is 0 Å². The van der Waals surface area contributed by atoms with Gasteiger partial charge >= 0.3 is 0 Å². The minimum absolute atomic E-state index is 0.257. The minimum atomic E-state index is 0.257. The van der Waals surface area contributed by atoms with Gasteiger partial charge in [-0.1, -0.05) is 24.3 Å². The normalized spacial score (nSPS) is 12.5. The first-order chi connectivity index (χ1) is 8.25. The van der Waals surface area contributed by atoms with Crippen LogP contribution in [0.15, 0.2) is 48.5 Å². The van der Waals surface area contributed by atoms with Crippen LogP contribution in [0.4, 0.5) is 0 Å². The fourth-order valence-electron chi connectivity index (χ4n) is 1.31. The number of benzene rings is 2. The van der Waals surface area contributed by atoms with Crippen molar-refractivity contribution in [3.8, 4) is 22.6 Å². The van der Waals surface area contributed by atoms with E-state index < -0.39 is 0 Å². The van der Waals surface area contributed by atoms with Gasteiger partial charge in [-0.05, 0) is 35.4 Å². The summed E-state index contributed by atoms with van der Waals surface area (Å²) >= 11 is 0. The fraction of sp³-hybridized carbons (Fsp3) is 0.143. The molecule has 1 saturated heterocycles. The van der Waals surface area contributed by atoms with Crippen LogP contribution in [0.3, 0.4) is 0 Å². The Morgan fingerprint density at radius 3 is 1.18 bits per heavy atom. The first-order valence-corrected chi connectivity index (χ1v) is 5.42. The maximum absolute atomic E-state index is 9.11. The van der Waals surface area contributed by atoms with Gasteiger partial charge in [0.1, 0.15) is 11.5 Å². The Morgan fingerprint density at radius 1 is 0.647 bits per heavy atom. The van der Waals surface area contributed by atoms with Gasteiger partial charge in [0.2, 0.25) is 0 Å². The van der Waals surface area contributed by atoms with Crippen molar-refractivity contribution in [1.29, 1.82) is 0 Å². The lowest BCUT2D eigenvalue weighted by atomic mass is 10.1. The largest absolute Gasteiger partial charge is 0.508 e. The number of epoxide rings is 1. The first kappa shape index (κ1) is 11.5. The Hall–Kier alpha value is -2.00. The van der Waals surface area contributed by atoms with Gasteiger partial charge in [-0.3, -0.25) is 0 Å². The molecule has 0 saturated carbocycles. The highest BCUT2D eigenvalue weighted by molar-refractivity contribution is 5.64. The summed E-state index contributed by atoms with van der Waals surface area (Å²) in [6, 6.07) is 13.9. The van der Waals surface area contributed by atoms with E-state index in [2.05, 4.69) is 4.74 Å². The van der Waals surface area contributed by atoms with Crippen molar-refractivity contribution in [2.75, 3.05) is 13.2 Å². The van der Waals surface area contributed by atoms with Gasteiger partial charge in [-0.25, -0.2) is 0 Å². The Bertz CT molecular complexity index is 412. The molecule has 2 aromatic rings. The fourth-order valence-corrected chi connectivity index (χ4v) is 1.31. The maximum atomic E-state index is 9.11. The second-order valence-electron chi connectivity index (χ2n) is 3.71. The molecule has 0 amide bonds. The molecule has 0 aromatic heterocycles. The van der Waals surface area contributed by atoms with Crippen molar-refractivity contribution < 1.29 is 14.9 Å². The molecule has 0 unspecified atom stereocenters. The van der Waals surface area contributed by atoms with Gasteiger partial charge < -0.3 is 14.9 Å². The summed E-state index contributed by atoms with van der Waals surface area (Å²) in [6.07, 6.45) is 0. The number of ether oxygens (including phenoxy) is 1. The smallest absolute Gasteiger partial charge is 0.115 e. The SMILES string of the molecule is C1CO1.Oc1ccc(-c2ccc(O)cc2)cc1. The van der Waals surface area contributed by atoms with Gasteiger partial charge in [-0.2, -0.15) is 0 Å². The lowest BCUT2D eigenvalue weighted by molar-refractivity contribution is 0.474. The summed E-state index contributed by atoms with van der Waals surface area (Å²) in [6.45, 7) is 2.00. The van der Waals surface area contributed by atoms with E-state index in [4.69, 9.17) is 10.2 Å². The molecule has 88 valence electrons. The summed E-state index contributed by atoms with van der Waals surface area (Å²) in [5.74, 6) is 0.514. The Labute approximate surface area is 99.9 Å². The molecular formula is C14H14O3. The predicted octanol–water partition coefficient (Wildman–Crippen LogP) is 2.78. The second kappa shape index (κ2) is 5.37. The summed E-state index contributed by atoms with van der Waals surface area (Å²) in [7, 11) is 0. The van der Waals surface area contributed by atoms with E-state index in [9.17, 15) is 0 Å². The van der Waals surface area contributed by atoms with Crippen molar-refractivity contribution >= 4 is 0 Å². The molecule has 17 heavy (non-hydrogen) atoms. The van der Waals surface area contributed by atoms with Crippen molar-refractivity contribution in [1.82, 2.24) is 0 Å². The molecule has 1 aliphatic rings. The third-order valence-corrected chi connectivity index (χ3v) is 2.27. The van der Waals surface area contributed by atoms with Gasteiger partial charge in [0.15, 0.2) is 0 Å². The number of aromatic hydroxyl groups is 2. The third kappa shape index (κ3) is 3.81. The standard InChI is InChI=1S/C12H10O2.C2H4O/c13-11-5-1-9(2-6-11)10-3-7-12(14)8-4-10;1-2-3-1/h1-8,13-14H;1-2H2. The van der Waals surface area contributed by atoms with Gasteiger partial charge in [-0.15, -0.1) is 0 Å². The van der Waals surface area contributed by atoms with Crippen LogP contribution in [-0.2, 0) is 4.74 Å². The zero-order chi connectivity index (χ0) is 12.1. The van der Waals surface area contributed by atoms with Crippen LogP contribution in [0.25, 0.3) is 11.1 Å². The van der Waals surface area contributed by atoms with Crippen LogP contribution in [0, 0.1) is 0 Å². The molecule has 3 rings (SSSR count). The van der Waals surface area contributed by atoms with Gasteiger partial charge in [0.25, 0.3) is 0 Å². The van der Waals surface area contributed by atoms with E-state index in [1.807, 2.05) is 24.3 Å². The number of hydrogen-bond acceptors (Lipinski definition) is 3. The highest BCUT2D eigenvalue weighted by atomic mass is 16.6. The van der Waals surface area contributed by atoms with Crippen LogP contribution in [0.2, 0.25) is 0 Å². The summed E-state index contributed by atoms with van der Waals surface area (Å²) in [5, 5.41) is 18.2. The van der Waals surface area contributed by atoms with E-state index in [0.717, 1.165) is 24.3 Å². The number of phenolic OH excluding ortho intramolecular Hbond substituents is 2. The molecular weight excluding hydrogens is 216 g/mol. The molecule has 1 heterocycles. The molecule has 0 bridgehead atoms. The molecule has 0 radical (unpaired) electrons. The molecule has 2 aromatic carbocycles. The highest BCUT2D eigenvalue weighted by Crippen LogP contribution is 2.23. The van der Waals surface area contributed by atoms with Crippen molar-refractivity contribution in [3.05, 3.63) is 48.5 Å². The monoisotopic (exact) mass is 230 g/mol. The highest BCUT2D eigenvalue weighted by Gasteiger charge is 1.97. The summed E-state index contributed by atoms with van der Waals surface area (Å²) in [5.41, 5.74) is 2.03. The maximum Gasteiger partial charge on any atom is 0.115 e. The van der Waals surface area contributed by atoms with Gasteiger partial charge in [0.05, 0.1) is 13.2 Å². The average molecular weight is 230 g/mol. The summed E-state index contributed by atoms with van der Waals surface area (Å²) < 4.78 is 4.50. The minimum Gasteiger partial charge on any atom is -0.508 e. The molecule has 3 heteroatoms. The van der Waals surface area contributed by atoms with Crippen LogP contribution in [0.1, 0.15) is 0 Å². The molecule has 1 fully saturated rings. The predicted molar refractivity (Wildman–Crippen MR) is 66.0 cm³/mol. The number of phenols is 2. The van der Waals surface area contributed by atoms with Crippen molar-refractivity contribution in [2.45, 2.75) is 0 Å². The van der Waals surface area contributed by atoms with Crippen molar-refractivity contribution in [3.63, 3.8) is 0 Å². The third-order valence-electron chi connectivity index (χ3n) is 2.27. The van der Waals surface area contributed by atoms with E-state index in [1.165, 1.54) is 0 Å². The van der Waals surface area contributed by atoms with Crippen LogP contribution >= 0.6 is 0 Å². The molecule has 0 spiro atoms. The molecule has 2 N–H and O–H groups in total. The Morgan fingerprint density at radius 2 is 0.941 bits per heavy atom. The van der Waals surface area contributed by atoms with Crippen molar-refractivity contribution in [2.24, 2.45) is 0 Å². The molecule has 0 aliphatic carbocycles. The number of hydrogen-bond donors (Lipinski definition) is 2. The molecule has 0 atom stereocenters. The van der Waals surface area contributed by atoms with Crippen LogP contribution < -0.4 is 0 Å². The van der Waals surface area contributed by atoms with E-state index in [0.29, 0.717) is 0 Å². The summed E-state index contributed by atoms with van der Waals surface area (Å²) in [4.78, 5) is 0. The Balaban J connectivity index is 0.000000313. The molecule has 1 aliphatic heterocycles. The lowest BCUT2D eigenvalue weighted by Gasteiger charge is -2.01. The average Bonchev–Trinajstić information content (AvgIpc) is 3.19. The second-order valence-corrected chi connectivity index (χ2v) is 3.71. The lowest BCUT2D eigenvalue weighted by Crippen LogP contribution is -1.75.